The second kappa shape index (κ2) is 5.48. The van der Waals surface area contributed by atoms with E-state index < -0.39 is 0 Å². The summed E-state index contributed by atoms with van der Waals surface area (Å²) < 4.78 is 0. The number of hydrogen-bond acceptors (Lipinski definition) is 4. The fraction of sp³-hybridized carbons (Fsp3) is 0.250. The first-order valence-electron chi connectivity index (χ1n) is 5.21. The molecule has 0 aliphatic carbocycles. The van der Waals surface area contributed by atoms with Crippen LogP contribution in [0.3, 0.4) is 0 Å². The first kappa shape index (κ1) is 11.6. The van der Waals surface area contributed by atoms with Gasteiger partial charge in [-0.1, -0.05) is 19.1 Å². The van der Waals surface area contributed by atoms with Gasteiger partial charge >= 0.3 is 0 Å². The molecule has 1 aromatic heterocycles. The molecular weight excluding hydrogens is 236 g/mol. The molecule has 2 aromatic rings. The van der Waals surface area contributed by atoms with Crippen molar-refractivity contribution in [3.63, 3.8) is 0 Å². The monoisotopic (exact) mass is 250 g/mol. The van der Waals surface area contributed by atoms with Crippen molar-refractivity contribution < 1.29 is 0 Å². The van der Waals surface area contributed by atoms with E-state index in [1.54, 1.807) is 11.3 Å². The minimum atomic E-state index is 0.522. The van der Waals surface area contributed by atoms with Gasteiger partial charge in [-0.05, 0) is 17.9 Å². The highest BCUT2D eigenvalue weighted by atomic mass is 32.2. The van der Waals surface area contributed by atoms with E-state index in [1.165, 1.54) is 4.90 Å². The molecule has 0 bridgehead atoms. The molecule has 2 nitrogen and oxygen atoms in total. The normalized spacial score (nSPS) is 10.6. The summed E-state index contributed by atoms with van der Waals surface area (Å²) in [5, 5.41) is 3.05. The van der Waals surface area contributed by atoms with E-state index in [2.05, 4.69) is 41.6 Å². The Hall–Kier alpha value is -0.840. The largest absolute Gasteiger partial charge is 0.325 e. The lowest BCUT2D eigenvalue weighted by Crippen LogP contribution is -1.94. The van der Waals surface area contributed by atoms with Crippen LogP contribution in [-0.2, 0) is 6.54 Å². The number of rotatable bonds is 4. The van der Waals surface area contributed by atoms with Crippen LogP contribution in [-0.4, -0.2) is 10.7 Å². The van der Waals surface area contributed by atoms with Crippen LogP contribution in [0.25, 0.3) is 11.3 Å². The van der Waals surface area contributed by atoms with Crippen LogP contribution in [0.15, 0.2) is 34.5 Å². The lowest BCUT2D eigenvalue weighted by atomic mass is 10.2. The molecule has 84 valence electrons. The van der Waals surface area contributed by atoms with Gasteiger partial charge < -0.3 is 5.73 Å². The molecule has 1 aromatic carbocycles. The van der Waals surface area contributed by atoms with Gasteiger partial charge in [0.1, 0.15) is 5.01 Å². The van der Waals surface area contributed by atoms with Crippen LogP contribution in [0.5, 0.6) is 0 Å². The number of thioether (sulfide) groups is 1. The molecule has 16 heavy (non-hydrogen) atoms. The maximum atomic E-state index is 5.55. The Kier molecular flexibility index (Phi) is 3.98. The third-order valence-electron chi connectivity index (χ3n) is 2.19. The molecule has 1 heterocycles. The maximum absolute atomic E-state index is 5.55. The zero-order valence-corrected chi connectivity index (χ0v) is 10.8. The Balaban J connectivity index is 2.20. The fourth-order valence-corrected chi connectivity index (χ4v) is 2.77. The Morgan fingerprint density at radius 2 is 2.06 bits per heavy atom. The predicted molar refractivity (Wildman–Crippen MR) is 71.8 cm³/mol. The number of nitrogens with two attached hydrogens (primary N) is 1. The topological polar surface area (TPSA) is 38.9 Å². The first-order valence-corrected chi connectivity index (χ1v) is 7.07. The summed E-state index contributed by atoms with van der Waals surface area (Å²) in [6.07, 6.45) is 0. The average Bonchev–Trinajstić information content (AvgIpc) is 2.79. The SMILES string of the molecule is CCSc1ccc(-c2csc(CN)n2)cc1. The van der Waals surface area contributed by atoms with Gasteiger partial charge in [0.05, 0.1) is 5.69 Å². The molecule has 0 fully saturated rings. The second-order valence-electron chi connectivity index (χ2n) is 3.29. The van der Waals surface area contributed by atoms with E-state index in [4.69, 9.17) is 5.73 Å². The maximum Gasteiger partial charge on any atom is 0.107 e. The van der Waals surface area contributed by atoms with Crippen LogP contribution >= 0.6 is 23.1 Å². The van der Waals surface area contributed by atoms with Crippen molar-refractivity contribution in [1.29, 1.82) is 0 Å². The Labute approximate surface area is 104 Å². The molecule has 0 aliphatic heterocycles. The van der Waals surface area contributed by atoms with Crippen molar-refractivity contribution in [2.45, 2.75) is 18.4 Å². The highest BCUT2D eigenvalue weighted by molar-refractivity contribution is 7.99. The van der Waals surface area contributed by atoms with Crippen molar-refractivity contribution in [3.8, 4) is 11.3 Å². The standard InChI is InChI=1S/C12H14N2S2/c1-2-15-10-5-3-9(4-6-10)11-8-16-12(7-13)14-11/h3-6,8H,2,7,13H2,1H3. The van der Waals surface area contributed by atoms with E-state index >= 15 is 0 Å². The number of aromatic nitrogens is 1. The number of hydrogen-bond donors (Lipinski definition) is 1. The summed E-state index contributed by atoms with van der Waals surface area (Å²) in [4.78, 5) is 5.77. The molecule has 0 aliphatic rings. The van der Waals surface area contributed by atoms with Crippen molar-refractivity contribution in [1.82, 2.24) is 4.98 Å². The van der Waals surface area contributed by atoms with Crippen molar-refractivity contribution in [3.05, 3.63) is 34.7 Å². The van der Waals surface area contributed by atoms with Crippen molar-refractivity contribution in [2.75, 3.05) is 5.75 Å². The van der Waals surface area contributed by atoms with Gasteiger partial charge in [0.25, 0.3) is 0 Å². The van der Waals surface area contributed by atoms with Gasteiger partial charge in [0.15, 0.2) is 0 Å². The molecule has 0 atom stereocenters. The minimum absolute atomic E-state index is 0.522. The molecular formula is C12H14N2S2. The lowest BCUT2D eigenvalue weighted by Gasteiger charge is -2.00. The highest BCUT2D eigenvalue weighted by Crippen LogP contribution is 2.25. The lowest BCUT2D eigenvalue weighted by molar-refractivity contribution is 1.04. The van der Waals surface area contributed by atoms with Crippen LogP contribution in [0.1, 0.15) is 11.9 Å². The van der Waals surface area contributed by atoms with Gasteiger partial charge in [-0.25, -0.2) is 4.98 Å². The highest BCUT2D eigenvalue weighted by Gasteiger charge is 2.03. The smallest absolute Gasteiger partial charge is 0.107 e. The molecule has 0 amide bonds. The number of benzene rings is 1. The third kappa shape index (κ3) is 2.64. The summed E-state index contributed by atoms with van der Waals surface area (Å²) in [6.45, 7) is 2.68. The molecule has 0 spiro atoms. The predicted octanol–water partition coefficient (Wildman–Crippen LogP) is 3.38. The molecule has 2 rings (SSSR count). The molecule has 0 radical (unpaired) electrons. The molecule has 4 heteroatoms. The number of thiazole rings is 1. The van der Waals surface area contributed by atoms with E-state index in [0.29, 0.717) is 6.54 Å². The molecule has 0 saturated heterocycles. The van der Waals surface area contributed by atoms with Gasteiger partial charge in [-0.15, -0.1) is 23.1 Å². The Morgan fingerprint density at radius 1 is 1.31 bits per heavy atom. The zero-order valence-electron chi connectivity index (χ0n) is 9.14. The Bertz CT molecular complexity index is 448. The van der Waals surface area contributed by atoms with Crippen LogP contribution in [0.4, 0.5) is 0 Å². The second-order valence-corrected chi connectivity index (χ2v) is 5.57. The third-order valence-corrected chi connectivity index (χ3v) is 3.95. The van der Waals surface area contributed by atoms with Crippen molar-refractivity contribution >= 4 is 23.1 Å². The molecule has 2 N–H and O–H groups in total. The minimum Gasteiger partial charge on any atom is -0.325 e. The Morgan fingerprint density at radius 3 is 2.62 bits per heavy atom. The van der Waals surface area contributed by atoms with Crippen LogP contribution in [0, 0.1) is 0 Å². The van der Waals surface area contributed by atoms with Crippen LogP contribution < -0.4 is 5.73 Å². The van der Waals surface area contributed by atoms with Gasteiger partial charge in [0, 0.05) is 22.4 Å². The van der Waals surface area contributed by atoms with E-state index in [1.807, 2.05) is 11.8 Å². The summed E-state index contributed by atoms with van der Waals surface area (Å²) >= 11 is 3.47. The summed E-state index contributed by atoms with van der Waals surface area (Å²) in [6, 6.07) is 8.52. The van der Waals surface area contributed by atoms with E-state index in [9.17, 15) is 0 Å². The van der Waals surface area contributed by atoms with Crippen molar-refractivity contribution in [2.24, 2.45) is 5.73 Å². The summed E-state index contributed by atoms with van der Waals surface area (Å²) in [5.41, 5.74) is 7.74. The molecule has 0 saturated carbocycles. The quantitative estimate of drug-likeness (QED) is 0.845. The van der Waals surface area contributed by atoms with Gasteiger partial charge in [0.2, 0.25) is 0 Å². The zero-order chi connectivity index (χ0) is 11.4. The van der Waals surface area contributed by atoms with Gasteiger partial charge in [-0.2, -0.15) is 0 Å². The first-order chi connectivity index (χ1) is 7.83. The fourth-order valence-electron chi connectivity index (χ4n) is 1.43. The summed E-state index contributed by atoms with van der Waals surface area (Å²) in [7, 11) is 0. The van der Waals surface area contributed by atoms with E-state index in [0.717, 1.165) is 22.0 Å². The molecule has 0 unspecified atom stereocenters. The average molecular weight is 250 g/mol. The van der Waals surface area contributed by atoms with E-state index in [-0.39, 0.29) is 0 Å². The van der Waals surface area contributed by atoms with Crippen LogP contribution in [0.2, 0.25) is 0 Å². The number of nitrogens with zero attached hydrogens (tertiary/aromatic N) is 1. The summed E-state index contributed by atoms with van der Waals surface area (Å²) in [5.74, 6) is 1.10. The van der Waals surface area contributed by atoms with Gasteiger partial charge in [-0.3, -0.25) is 0 Å².